The van der Waals surface area contributed by atoms with Crippen molar-refractivity contribution in [3.63, 3.8) is 0 Å². The number of sulfonamides is 1. The van der Waals surface area contributed by atoms with Gasteiger partial charge in [-0.25, -0.2) is 18.1 Å². The number of hydrogen-bond acceptors (Lipinski definition) is 4. The minimum absolute atomic E-state index is 0.00873. The third kappa shape index (κ3) is 5.93. The van der Waals surface area contributed by atoms with Gasteiger partial charge in [-0.1, -0.05) is 18.2 Å². The number of nitrogens with one attached hydrogen (secondary N) is 1. The molecule has 1 N–H and O–H groups in total. The number of benzene rings is 1. The molecule has 0 unspecified atom stereocenters. The second-order valence-corrected chi connectivity index (χ2v) is 8.58. The fourth-order valence-corrected chi connectivity index (χ4v) is 4.65. The highest BCUT2D eigenvalue weighted by Crippen LogP contribution is 2.29. The molecule has 0 atom stereocenters. The molecule has 152 valence electrons. The quantitative estimate of drug-likeness (QED) is 0.778. The van der Waals surface area contributed by atoms with Gasteiger partial charge in [-0.05, 0) is 49.4 Å². The van der Waals surface area contributed by atoms with E-state index in [1.807, 2.05) is 6.07 Å². The van der Waals surface area contributed by atoms with Crippen LogP contribution >= 0.6 is 0 Å². The Morgan fingerprint density at radius 1 is 1.04 bits per heavy atom. The van der Waals surface area contributed by atoms with E-state index in [1.165, 1.54) is 12.1 Å². The normalized spacial score (nSPS) is 20.7. The molecule has 9 heteroatoms. The first kappa shape index (κ1) is 20.6. The first-order valence-electron chi connectivity index (χ1n) is 8.95. The predicted molar refractivity (Wildman–Crippen MR) is 98.1 cm³/mol. The second-order valence-electron chi connectivity index (χ2n) is 6.83. The molecule has 1 aromatic carbocycles. The van der Waals surface area contributed by atoms with Crippen LogP contribution in [0.5, 0.6) is 5.88 Å². The Balaban J connectivity index is 1.50. The molecule has 0 saturated heterocycles. The van der Waals surface area contributed by atoms with Crippen molar-refractivity contribution in [2.45, 2.75) is 49.8 Å². The minimum atomic E-state index is -4.44. The molecule has 5 nitrogen and oxygen atoms in total. The van der Waals surface area contributed by atoms with Gasteiger partial charge < -0.3 is 4.74 Å². The number of alkyl halides is 3. The van der Waals surface area contributed by atoms with Crippen LogP contribution in [0, 0.1) is 0 Å². The van der Waals surface area contributed by atoms with Gasteiger partial charge in [0.25, 0.3) is 0 Å². The van der Waals surface area contributed by atoms with Gasteiger partial charge in [0.1, 0.15) is 6.10 Å². The van der Waals surface area contributed by atoms with Crippen molar-refractivity contribution in [3.8, 4) is 5.88 Å². The first-order chi connectivity index (χ1) is 13.2. The number of ether oxygens (including phenoxy) is 1. The molecular formula is C19H21F3N2O3S. The van der Waals surface area contributed by atoms with E-state index >= 15 is 0 Å². The van der Waals surface area contributed by atoms with E-state index in [1.54, 1.807) is 18.3 Å². The Bertz CT molecular complexity index is 864. The molecule has 3 rings (SSSR count). The van der Waals surface area contributed by atoms with Crippen LogP contribution in [0.1, 0.15) is 36.8 Å². The maximum Gasteiger partial charge on any atom is 0.416 e. The molecule has 28 heavy (non-hydrogen) atoms. The van der Waals surface area contributed by atoms with Crippen molar-refractivity contribution >= 4 is 10.0 Å². The van der Waals surface area contributed by atoms with Gasteiger partial charge in [-0.15, -0.1) is 0 Å². The second kappa shape index (κ2) is 8.48. The Kier molecular flexibility index (Phi) is 6.24. The summed E-state index contributed by atoms with van der Waals surface area (Å²) in [6, 6.07) is 9.38. The third-order valence-corrected chi connectivity index (χ3v) is 5.99. The fourth-order valence-electron chi connectivity index (χ4n) is 3.19. The van der Waals surface area contributed by atoms with Crippen molar-refractivity contribution < 1.29 is 26.3 Å². The Hall–Kier alpha value is -2.13. The van der Waals surface area contributed by atoms with Gasteiger partial charge in [0.2, 0.25) is 15.9 Å². The molecule has 1 heterocycles. The molecule has 0 aliphatic heterocycles. The highest BCUT2D eigenvalue weighted by molar-refractivity contribution is 7.88. The van der Waals surface area contributed by atoms with Crippen LogP contribution in [-0.2, 0) is 22.0 Å². The summed E-state index contributed by atoms with van der Waals surface area (Å²) in [6.45, 7) is 0. The Morgan fingerprint density at radius 2 is 1.71 bits per heavy atom. The number of aromatic nitrogens is 1. The van der Waals surface area contributed by atoms with Crippen LogP contribution in [0.15, 0.2) is 48.7 Å². The number of halogens is 3. The summed E-state index contributed by atoms with van der Waals surface area (Å²) in [5.74, 6) is 0.198. The number of nitrogens with zero attached hydrogens (tertiary/aromatic N) is 1. The van der Waals surface area contributed by atoms with Gasteiger partial charge in [0, 0.05) is 18.3 Å². The molecule has 1 fully saturated rings. The monoisotopic (exact) mass is 414 g/mol. The smallest absolute Gasteiger partial charge is 0.416 e. The highest BCUT2D eigenvalue weighted by Gasteiger charge is 2.30. The molecule has 1 aliphatic rings. The molecule has 0 bridgehead atoms. The number of pyridine rings is 1. The van der Waals surface area contributed by atoms with E-state index in [4.69, 9.17) is 4.74 Å². The fraction of sp³-hybridized carbons (Fsp3) is 0.421. The maximum absolute atomic E-state index is 12.6. The zero-order valence-electron chi connectivity index (χ0n) is 15.0. The standard InChI is InChI=1S/C19H21F3N2O3S/c20-19(21,22)15-6-4-14(5-7-15)13-28(25,26)24-16-8-10-17(11-9-16)27-18-3-1-2-12-23-18/h1-7,12,16-17,24H,8-11,13H2. The summed E-state index contributed by atoms with van der Waals surface area (Å²) in [5.41, 5.74) is -0.486. The zero-order chi connectivity index (χ0) is 20.2. The van der Waals surface area contributed by atoms with Crippen molar-refractivity contribution in [3.05, 3.63) is 59.8 Å². The molecule has 0 spiro atoms. The lowest BCUT2D eigenvalue weighted by Crippen LogP contribution is -2.40. The highest BCUT2D eigenvalue weighted by atomic mass is 32.2. The first-order valence-corrected chi connectivity index (χ1v) is 10.6. The Morgan fingerprint density at radius 3 is 2.29 bits per heavy atom. The van der Waals surface area contributed by atoms with Gasteiger partial charge in [-0.2, -0.15) is 13.2 Å². The summed E-state index contributed by atoms with van der Waals surface area (Å²) in [6.07, 6.45) is -0.144. The predicted octanol–water partition coefficient (Wildman–Crippen LogP) is 3.91. The van der Waals surface area contributed by atoms with E-state index in [0.29, 0.717) is 37.1 Å². The average molecular weight is 414 g/mol. The molecule has 0 radical (unpaired) electrons. The molecule has 1 aliphatic carbocycles. The average Bonchev–Trinajstić information content (AvgIpc) is 2.63. The summed E-state index contributed by atoms with van der Waals surface area (Å²) in [5, 5.41) is 0. The topological polar surface area (TPSA) is 68.3 Å². The van der Waals surface area contributed by atoms with Gasteiger partial charge in [0.15, 0.2) is 0 Å². The van der Waals surface area contributed by atoms with Crippen molar-refractivity contribution in [1.82, 2.24) is 9.71 Å². The molecule has 1 aromatic heterocycles. The van der Waals surface area contributed by atoms with Crippen LogP contribution in [0.3, 0.4) is 0 Å². The van der Waals surface area contributed by atoms with Gasteiger partial charge in [0.05, 0.1) is 11.3 Å². The zero-order valence-corrected chi connectivity index (χ0v) is 15.8. The van der Waals surface area contributed by atoms with Crippen molar-refractivity contribution in [2.24, 2.45) is 0 Å². The van der Waals surface area contributed by atoms with Gasteiger partial charge in [-0.3, -0.25) is 0 Å². The summed E-state index contributed by atoms with van der Waals surface area (Å²) in [4.78, 5) is 4.12. The molecule has 2 aromatic rings. The lowest BCUT2D eigenvalue weighted by atomic mass is 9.94. The van der Waals surface area contributed by atoms with E-state index in [2.05, 4.69) is 9.71 Å². The van der Waals surface area contributed by atoms with Crippen LogP contribution in [0.2, 0.25) is 0 Å². The maximum atomic E-state index is 12.6. The third-order valence-electron chi connectivity index (χ3n) is 4.58. The Labute approximate surface area is 162 Å². The number of hydrogen-bond donors (Lipinski definition) is 1. The van der Waals surface area contributed by atoms with E-state index in [9.17, 15) is 21.6 Å². The summed E-state index contributed by atoms with van der Waals surface area (Å²) in [7, 11) is -3.64. The van der Waals surface area contributed by atoms with Crippen LogP contribution < -0.4 is 9.46 Å². The largest absolute Gasteiger partial charge is 0.474 e. The van der Waals surface area contributed by atoms with E-state index in [-0.39, 0.29) is 17.9 Å². The van der Waals surface area contributed by atoms with Crippen LogP contribution in [0.4, 0.5) is 13.2 Å². The molecular weight excluding hydrogens is 393 g/mol. The molecule has 1 saturated carbocycles. The number of rotatable bonds is 6. The van der Waals surface area contributed by atoms with Crippen LogP contribution in [0.25, 0.3) is 0 Å². The summed E-state index contributed by atoms with van der Waals surface area (Å²) >= 11 is 0. The van der Waals surface area contributed by atoms with Gasteiger partial charge >= 0.3 is 6.18 Å². The minimum Gasteiger partial charge on any atom is -0.474 e. The SMILES string of the molecule is O=S(=O)(Cc1ccc(C(F)(F)F)cc1)NC1CCC(Oc2ccccn2)CC1. The molecule has 0 amide bonds. The van der Waals surface area contributed by atoms with Crippen molar-refractivity contribution in [2.75, 3.05) is 0 Å². The van der Waals surface area contributed by atoms with Crippen molar-refractivity contribution in [1.29, 1.82) is 0 Å². The van der Waals surface area contributed by atoms with E-state index in [0.717, 1.165) is 12.1 Å². The summed E-state index contributed by atoms with van der Waals surface area (Å²) < 4.78 is 70.9. The lowest BCUT2D eigenvalue weighted by molar-refractivity contribution is -0.137. The van der Waals surface area contributed by atoms with Crippen LogP contribution in [-0.4, -0.2) is 25.5 Å². The van der Waals surface area contributed by atoms with E-state index < -0.39 is 21.8 Å². The lowest BCUT2D eigenvalue weighted by Gasteiger charge is -2.29.